The van der Waals surface area contributed by atoms with Crippen molar-refractivity contribution in [2.75, 3.05) is 19.6 Å². The van der Waals surface area contributed by atoms with Crippen LogP contribution in [0.2, 0.25) is 0 Å². The van der Waals surface area contributed by atoms with E-state index in [4.69, 9.17) is 5.73 Å². The maximum absolute atomic E-state index is 12.2. The number of alkyl halides is 3. The number of carbonyl (C=O) groups is 1. The second-order valence-corrected chi connectivity index (χ2v) is 3.94. The molecule has 0 aliphatic rings. The molecule has 1 atom stereocenters. The van der Waals surface area contributed by atoms with Crippen LogP contribution in [0.25, 0.3) is 0 Å². The van der Waals surface area contributed by atoms with E-state index in [2.05, 4.69) is 0 Å². The molecule has 0 heterocycles. The first-order chi connectivity index (χ1) is 7.30. The van der Waals surface area contributed by atoms with Gasteiger partial charge in [0.15, 0.2) is 0 Å². The van der Waals surface area contributed by atoms with Crippen LogP contribution in [0.1, 0.15) is 26.7 Å². The molecule has 0 spiro atoms. The molecule has 0 rings (SSSR count). The monoisotopic (exact) mass is 240 g/mol. The smallest absolute Gasteiger partial charge is 0.332 e. The Hall–Kier alpha value is -0.780. The Balaban J connectivity index is 4.35. The van der Waals surface area contributed by atoms with Crippen molar-refractivity contribution < 1.29 is 18.0 Å². The maximum Gasteiger partial charge on any atom is 0.406 e. The van der Waals surface area contributed by atoms with E-state index >= 15 is 0 Å². The quantitative estimate of drug-likeness (QED) is 0.769. The van der Waals surface area contributed by atoms with Crippen molar-refractivity contribution in [3.05, 3.63) is 0 Å². The Kier molecular flexibility index (Phi) is 6.40. The summed E-state index contributed by atoms with van der Waals surface area (Å²) in [6, 6.07) is 0. The SMILES string of the molecule is CCC(C)CC(=O)N(CCN)CC(F)(F)F. The minimum absolute atomic E-state index is 0.0440. The summed E-state index contributed by atoms with van der Waals surface area (Å²) in [5, 5.41) is 0. The van der Waals surface area contributed by atoms with Crippen LogP contribution in [-0.4, -0.2) is 36.6 Å². The van der Waals surface area contributed by atoms with Crippen LogP contribution in [0.4, 0.5) is 13.2 Å². The second kappa shape index (κ2) is 6.73. The molecule has 2 N–H and O–H groups in total. The lowest BCUT2D eigenvalue weighted by molar-refractivity contribution is -0.161. The predicted octanol–water partition coefficient (Wildman–Crippen LogP) is 1.77. The molecule has 0 aromatic carbocycles. The predicted molar refractivity (Wildman–Crippen MR) is 55.8 cm³/mol. The van der Waals surface area contributed by atoms with E-state index in [0.29, 0.717) is 0 Å². The topological polar surface area (TPSA) is 46.3 Å². The molecular formula is C10H19F3N2O. The highest BCUT2D eigenvalue weighted by Gasteiger charge is 2.32. The minimum atomic E-state index is -4.36. The van der Waals surface area contributed by atoms with Crippen LogP contribution in [0.5, 0.6) is 0 Å². The Morgan fingerprint density at radius 2 is 2.00 bits per heavy atom. The van der Waals surface area contributed by atoms with Crippen molar-refractivity contribution in [1.82, 2.24) is 4.90 Å². The first kappa shape index (κ1) is 15.2. The number of rotatable bonds is 6. The molecule has 6 heteroatoms. The maximum atomic E-state index is 12.2. The Bertz CT molecular complexity index is 219. The first-order valence-corrected chi connectivity index (χ1v) is 5.34. The largest absolute Gasteiger partial charge is 0.406 e. The van der Waals surface area contributed by atoms with Crippen LogP contribution in [0, 0.1) is 5.92 Å². The zero-order valence-corrected chi connectivity index (χ0v) is 9.68. The molecule has 0 aromatic rings. The van der Waals surface area contributed by atoms with Crippen LogP contribution in [-0.2, 0) is 4.79 Å². The average Bonchev–Trinajstić information content (AvgIpc) is 2.14. The summed E-state index contributed by atoms with van der Waals surface area (Å²) in [6.07, 6.45) is -3.44. The highest BCUT2D eigenvalue weighted by atomic mass is 19.4. The number of nitrogens with zero attached hydrogens (tertiary/aromatic N) is 1. The molecule has 96 valence electrons. The molecule has 0 aliphatic heterocycles. The van der Waals surface area contributed by atoms with Gasteiger partial charge < -0.3 is 10.6 Å². The molecule has 1 amide bonds. The highest BCUT2D eigenvalue weighted by molar-refractivity contribution is 5.76. The molecule has 0 aromatic heterocycles. The molecule has 3 nitrogen and oxygen atoms in total. The van der Waals surface area contributed by atoms with Crippen LogP contribution in [0.15, 0.2) is 0 Å². The van der Waals surface area contributed by atoms with Crippen molar-refractivity contribution >= 4 is 5.91 Å². The summed E-state index contributed by atoms with van der Waals surface area (Å²) in [4.78, 5) is 12.3. The van der Waals surface area contributed by atoms with Crippen molar-refractivity contribution in [1.29, 1.82) is 0 Å². The van der Waals surface area contributed by atoms with Crippen molar-refractivity contribution in [3.63, 3.8) is 0 Å². The van der Waals surface area contributed by atoms with Gasteiger partial charge in [0, 0.05) is 19.5 Å². The number of halogens is 3. The summed E-state index contributed by atoms with van der Waals surface area (Å²) in [6.45, 7) is 2.53. The second-order valence-electron chi connectivity index (χ2n) is 3.94. The summed E-state index contributed by atoms with van der Waals surface area (Å²) in [5.74, 6) is -0.377. The fraction of sp³-hybridized carbons (Fsp3) is 0.900. The molecular weight excluding hydrogens is 221 g/mol. The van der Waals surface area contributed by atoms with Gasteiger partial charge in [-0.15, -0.1) is 0 Å². The molecule has 0 bridgehead atoms. The van der Waals surface area contributed by atoms with Crippen LogP contribution in [0.3, 0.4) is 0 Å². The summed E-state index contributed by atoms with van der Waals surface area (Å²) >= 11 is 0. The Morgan fingerprint density at radius 1 is 1.44 bits per heavy atom. The van der Waals surface area contributed by atoms with E-state index in [1.54, 1.807) is 0 Å². The van der Waals surface area contributed by atoms with E-state index in [1.165, 1.54) is 0 Å². The lowest BCUT2D eigenvalue weighted by Gasteiger charge is -2.24. The molecule has 0 radical (unpaired) electrons. The standard InChI is InChI=1S/C10H19F3N2O/c1-3-8(2)6-9(16)15(5-4-14)7-10(11,12)13/h8H,3-7,14H2,1-2H3. The summed E-state index contributed by atoms with van der Waals surface area (Å²) in [5.41, 5.74) is 5.19. The van der Waals surface area contributed by atoms with Gasteiger partial charge in [-0.1, -0.05) is 20.3 Å². The zero-order valence-electron chi connectivity index (χ0n) is 9.68. The van der Waals surface area contributed by atoms with E-state index in [-0.39, 0.29) is 25.4 Å². The molecule has 1 unspecified atom stereocenters. The van der Waals surface area contributed by atoms with Gasteiger partial charge >= 0.3 is 6.18 Å². The van der Waals surface area contributed by atoms with Gasteiger partial charge in [-0.2, -0.15) is 13.2 Å². The number of hydrogen-bond acceptors (Lipinski definition) is 2. The Morgan fingerprint density at radius 3 is 2.38 bits per heavy atom. The third kappa shape index (κ3) is 6.66. The third-order valence-corrected chi connectivity index (χ3v) is 2.34. The van der Waals surface area contributed by atoms with Gasteiger partial charge in [-0.05, 0) is 5.92 Å². The highest BCUT2D eigenvalue weighted by Crippen LogP contribution is 2.18. The number of carbonyl (C=O) groups excluding carboxylic acids is 1. The summed E-state index contributed by atoms with van der Waals surface area (Å²) in [7, 11) is 0. The molecule has 0 fully saturated rings. The average molecular weight is 240 g/mol. The molecule has 0 saturated carbocycles. The fourth-order valence-electron chi connectivity index (χ4n) is 1.24. The first-order valence-electron chi connectivity index (χ1n) is 5.34. The molecule has 0 saturated heterocycles. The van der Waals surface area contributed by atoms with E-state index < -0.39 is 18.6 Å². The van der Waals surface area contributed by atoms with Gasteiger partial charge in [0.05, 0.1) is 0 Å². The fourth-order valence-corrected chi connectivity index (χ4v) is 1.24. The Labute approximate surface area is 93.8 Å². The lowest BCUT2D eigenvalue weighted by atomic mass is 10.0. The van der Waals surface area contributed by atoms with Gasteiger partial charge in [0.1, 0.15) is 6.54 Å². The summed E-state index contributed by atoms with van der Waals surface area (Å²) < 4.78 is 36.5. The van der Waals surface area contributed by atoms with Crippen molar-refractivity contribution in [3.8, 4) is 0 Å². The number of hydrogen-bond donors (Lipinski definition) is 1. The molecule has 0 aliphatic carbocycles. The molecule has 16 heavy (non-hydrogen) atoms. The van der Waals surface area contributed by atoms with Gasteiger partial charge in [-0.3, -0.25) is 4.79 Å². The van der Waals surface area contributed by atoms with Crippen LogP contribution < -0.4 is 5.73 Å². The lowest BCUT2D eigenvalue weighted by Crippen LogP contribution is -2.42. The van der Waals surface area contributed by atoms with Gasteiger partial charge in [0.2, 0.25) is 5.91 Å². The van der Waals surface area contributed by atoms with Crippen LogP contribution >= 0.6 is 0 Å². The van der Waals surface area contributed by atoms with E-state index in [1.807, 2.05) is 13.8 Å². The third-order valence-electron chi connectivity index (χ3n) is 2.34. The zero-order chi connectivity index (χ0) is 12.8. The van der Waals surface area contributed by atoms with E-state index in [9.17, 15) is 18.0 Å². The van der Waals surface area contributed by atoms with Gasteiger partial charge in [-0.25, -0.2) is 0 Å². The van der Waals surface area contributed by atoms with Gasteiger partial charge in [0.25, 0.3) is 0 Å². The normalized spacial score (nSPS) is 13.6. The van der Waals surface area contributed by atoms with Crippen molar-refractivity contribution in [2.45, 2.75) is 32.9 Å². The van der Waals surface area contributed by atoms with Crippen molar-refractivity contribution in [2.24, 2.45) is 11.7 Å². The van der Waals surface area contributed by atoms with E-state index in [0.717, 1.165) is 11.3 Å². The number of nitrogens with two attached hydrogens (primary N) is 1. The minimum Gasteiger partial charge on any atom is -0.332 e. The number of amides is 1.